The predicted octanol–water partition coefficient (Wildman–Crippen LogP) is 5.32. The molecule has 0 bridgehead atoms. The number of benzene rings is 2. The molecule has 2 aromatic carbocycles. The quantitative estimate of drug-likeness (QED) is 0.451. The van der Waals surface area contributed by atoms with E-state index in [0.717, 1.165) is 0 Å². The van der Waals surface area contributed by atoms with Crippen LogP contribution in [0.15, 0.2) is 65.1 Å². The van der Waals surface area contributed by atoms with Crippen molar-refractivity contribution in [1.82, 2.24) is 0 Å². The zero-order valence-electron chi connectivity index (χ0n) is 16.5. The number of anilines is 1. The molecular formula is C22H22N2O5. The maximum atomic E-state index is 12.3. The SMILES string of the molecule is CC(C)(C)c1ccc(OCc2ccc(C(=O)Nc3ccccc3[N+](=O)[O-])o2)cc1. The van der Waals surface area contributed by atoms with E-state index in [-0.39, 0.29) is 29.2 Å². The van der Waals surface area contributed by atoms with E-state index in [1.807, 2.05) is 24.3 Å². The molecule has 0 atom stereocenters. The maximum absolute atomic E-state index is 12.3. The van der Waals surface area contributed by atoms with Gasteiger partial charge in [0.2, 0.25) is 0 Å². The summed E-state index contributed by atoms with van der Waals surface area (Å²) in [6, 6.07) is 16.9. The Morgan fingerprint density at radius 3 is 2.41 bits per heavy atom. The lowest BCUT2D eigenvalue weighted by Crippen LogP contribution is -2.12. The molecule has 7 heteroatoms. The number of amides is 1. The summed E-state index contributed by atoms with van der Waals surface area (Å²) in [5, 5.41) is 13.6. The summed E-state index contributed by atoms with van der Waals surface area (Å²) in [6.07, 6.45) is 0. The van der Waals surface area contributed by atoms with Gasteiger partial charge in [-0.05, 0) is 41.3 Å². The lowest BCUT2D eigenvalue weighted by Gasteiger charge is -2.19. The van der Waals surface area contributed by atoms with E-state index in [1.54, 1.807) is 12.1 Å². The van der Waals surface area contributed by atoms with Gasteiger partial charge in [0.15, 0.2) is 5.76 Å². The van der Waals surface area contributed by atoms with Crippen molar-refractivity contribution in [1.29, 1.82) is 0 Å². The number of nitrogens with zero attached hydrogens (tertiary/aromatic N) is 1. The number of carbonyl (C=O) groups is 1. The molecule has 0 aliphatic rings. The second-order valence-corrected chi connectivity index (χ2v) is 7.56. The molecule has 0 aliphatic heterocycles. The molecule has 7 nitrogen and oxygen atoms in total. The van der Waals surface area contributed by atoms with Gasteiger partial charge in [0.05, 0.1) is 4.92 Å². The van der Waals surface area contributed by atoms with Gasteiger partial charge in [-0.3, -0.25) is 14.9 Å². The van der Waals surface area contributed by atoms with Crippen LogP contribution in [-0.4, -0.2) is 10.8 Å². The van der Waals surface area contributed by atoms with Crippen LogP contribution < -0.4 is 10.1 Å². The van der Waals surface area contributed by atoms with Crippen molar-refractivity contribution in [3.05, 3.63) is 87.9 Å². The Kier molecular flexibility index (Phi) is 5.68. The monoisotopic (exact) mass is 394 g/mol. The maximum Gasteiger partial charge on any atom is 0.292 e. The van der Waals surface area contributed by atoms with E-state index in [4.69, 9.17) is 9.15 Å². The molecule has 0 radical (unpaired) electrons. The molecule has 29 heavy (non-hydrogen) atoms. The minimum Gasteiger partial charge on any atom is -0.486 e. The second-order valence-electron chi connectivity index (χ2n) is 7.56. The summed E-state index contributed by atoms with van der Waals surface area (Å²) < 4.78 is 11.2. The van der Waals surface area contributed by atoms with Crippen molar-refractivity contribution in [2.24, 2.45) is 0 Å². The average Bonchev–Trinajstić information content (AvgIpc) is 3.15. The number of hydrogen-bond donors (Lipinski definition) is 1. The number of nitro groups is 1. The van der Waals surface area contributed by atoms with Gasteiger partial charge in [0, 0.05) is 6.07 Å². The Balaban J connectivity index is 1.62. The van der Waals surface area contributed by atoms with Crippen LogP contribution in [0.4, 0.5) is 11.4 Å². The normalized spacial score (nSPS) is 11.1. The highest BCUT2D eigenvalue weighted by molar-refractivity contribution is 6.03. The molecule has 0 saturated carbocycles. The van der Waals surface area contributed by atoms with Gasteiger partial charge in [-0.1, -0.05) is 45.0 Å². The third-order valence-corrected chi connectivity index (χ3v) is 4.34. The number of nitrogens with one attached hydrogen (secondary N) is 1. The molecule has 1 amide bonds. The van der Waals surface area contributed by atoms with E-state index in [2.05, 4.69) is 26.1 Å². The molecular weight excluding hydrogens is 372 g/mol. The van der Waals surface area contributed by atoms with Gasteiger partial charge in [-0.15, -0.1) is 0 Å². The second kappa shape index (κ2) is 8.18. The van der Waals surface area contributed by atoms with Crippen molar-refractivity contribution >= 4 is 17.3 Å². The Hall–Kier alpha value is -3.61. The van der Waals surface area contributed by atoms with Gasteiger partial charge in [0.1, 0.15) is 23.8 Å². The van der Waals surface area contributed by atoms with Gasteiger partial charge >= 0.3 is 0 Å². The van der Waals surface area contributed by atoms with Crippen molar-refractivity contribution in [2.75, 3.05) is 5.32 Å². The molecule has 0 spiro atoms. The molecule has 3 aromatic rings. The smallest absolute Gasteiger partial charge is 0.292 e. The van der Waals surface area contributed by atoms with Crippen molar-refractivity contribution < 1.29 is 18.9 Å². The Bertz CT molecular complexity index is 1020. The summed E-state index contributed by atoms with van der Waals surface area (Å²) in [5.41, 5.74) is 1.19. The lowest BCUT2D eigenvalue weighted by molar-refractivity contribution is -0.383. The van der Waals surface area contributed by atoms with Crippen LogP contribution >= 0.6 is 0 Å². The Labute approximate surface area is 168 Å². The summed E-state index contributed by atoms with van der Waals surface area (Å²) in [6.45, 7) is 6.58. The number of carbonyl (C=O) groups excluding carboxylic acids is 1. The third-order valence-electron chi connectivity index (χ3n) is 4.34. The highest BCUT2D eigenvalue weighted by atomic mass is 16.6. The largest absolute Gasteiger partial charge is 0.486 e. The van der Waals surface area contributed by atoms with Crippen LogP contribution in [0.5, 0.6) is 5.75 Å². The molecule has 0 fully saturated rings. The van der Waals surface area contributed by atoms with E-state index >= 15 is 0 Å². The van der Waals surface area contributed by atoms with Gasteiger partial charge in [0.25, 0.3) is 11.6 Å². The van der Waals surface area contributed by atoms with Crippen molar-refractivity contribution in [2.45, 2.75) is 32.8 Å². The number of furan rings is 1. The van der Waals surface area contributed by atoms with E-state index in [0.29, 0.717) is 11.5 Å². The molecule has 0 aliphatic carbocycles. The molecule has 0 saturated heterocycles. The number of nitro benzene ring substituents is 1. The summed E-state index contributed by atoms with van der Waals surface area (Å²) in [4.78, 5) is 22.8. The number of ether oxygens (including phenoxy) is 1. The van der Waals surface area contributed by atoms with Crippen LogP contribution in [0.1, 0.15) is 42.6 Å². The Morgan fingerprint density at radius 1 is 1.07 bits per heavy atom. The van der Waals surface area contributed by atoms with Crippen LogP contribution in [0.2, 0.25) is 0 Å². The van der Waals surface area contributed by atoms with E-state index in [1.165, 1.54) is 29.8 Å². The molecule has 0 unspecified atom stereocenters. The molecule has 3 rings (SSSR count). The topological polar surface area (TPSA) is 94.6 Å². The number of hydrogen-bond acceptors (Lipinski definition) is 5. The van der Waals surface area contributed by atoms with Crippen LogP contribution in [0.25, 0.3) is 0 Å². The van der Waals surface area contributed by atoms with Crippen LogP contribution in [-0.2, 0) is 12.0 Å². The molecule has 1 N–H and O–H groups in total. The summed E-state index contributed by atoms with van der Waals surface area (Å²) in [7, 11) is 0. The fourth-order valence-corrected chi connectivity index (χ4v) is 2.71. The highest BCUT2D eigenvalue weighted by Crippen LogP contribution is 2.26. The van der Waals surface area contributed by atoms with E-state index < -0.39 is 10.8 Å². The summed E-state index contributed by atoms with van der Waals surface area (Å²) in [5.74, 6) is 0.642. The minimum atomic E-state index is -0.569. The standard InChI is InChI=1S/C22H22N2O5/c1-22(2,3)15-8-10-16(11-9-15)28-14-17-12-13-20(29-17)21(25)23-18-6-4-5-7-19(18)24(26)27/h4-13H,14H2,1-3H3,(H,23,25). The van der Waals surface area contributed by atoms with Gasteiger partial charge in [-0.2, -0.15) is 0 Å². The van der Waals surface area contributed by atoms with Crippen LogP contribution in [0.3, 0.4) is 0 Å². The zero-order valence-corrected chi connectivity index (χ0v) is 16.5. The zero-order chi connectivity index (χ0) is 21.0. The van der Waals surface area contributed by atoms with E-state index in [9.17, 15) is 14.9 Å². The van der Waals surface area contributed by atoms with Crippen LogP contribution in [0, 0.1) is 10.1 Å². The van der Waals surface area contributed by atoms with Crippen molar-refractivity contribution in [3.8, 4) is 5.75 Å². The first-order chi connectivity index (χ1) is 13.7. The lowest BCUT2D eigenvalue weighted by atomic mass is 9.87. The average molecular weight is 394 g/mol. The third kappa shape index (κ3) is 5.01. The molecule has 1 heterocycles. The number of para-hydroxylation sites is 2. The first-order valence-corrected chi connectivity index (χ1v) is 9.11. The first kappa shape index (κ1) is 20.1. The molecule has 1 aromatic heterocycles. The summed E-state index contributed by atoms with van der Waals surface area (Å²) >= 11 is 0. The van der Waals surface area contributed by atoms with Gasteiger partial charge in [-0.25, -0.2) is 0 Å². The minimum absolute atomic E-state index is 0.0461. The molecule has 150 valence electrons. The fourth-order valence-electron chi connectivity index (χ4n) is 2.71. The highest BCUT2D eigenvalue weighted by Gasteiger charge is 2.18. The number of rotatable bonds is 6. The first-order valence-electron chi connectivity index (χ1n) is 9.11. The van der Waals surface area contributed by atoms with Crippen molar-refractivity contribution in [3.63, 3.8) is 0 Å². The fraction of sp³-hybridized carbons (Fsp3) is 0.227. The Morgan fingerprint density at radius 2 is 1.76 bits per heavy atom. The predicted molar refractivity (Wildman–Crippen MR) is 109 cm³/mol. The van der Waals surface area contributed by atoms with Gasteiger partial charge < -0.3 is 14.5 Å².